The summed E-state index contributed by atoms with van der Waals surface area (Å²) in [5.41, 5.74) is 11.1. The topological polar surface area (TPSA) is 260 Å². The van der Waals surface area contributed by atoms with Crippen molar-refractivity contribution in [3.63, 3.8) is 0 Å². The van der Waals surface area contributed by atoms with Crippen molar-refractivity contribution in [2.45, 2.75) is 63.7 Å². The fourth-order valence-electron chi connectivity index (χ4n) is 3.01. The lowest BCUT2D eigenvalue weighted by molar-refractivity contribution is -0.144. The van der Waals surface area contributed by atoms with Crippen molar-refractivity contribution < 1.29 is 39.0 Å². The number of imidazole rings is 1. The first-order valence-corrected chi connectivity index (χ1v) is 10.7. The van der Waals surface area contributed by atoms with Gasteiger partial charge in [0.25, 0.3) is 0 Å². The number of amides is 4. The quantitative estimate of drug-likeness (QED) is 0.123. The van der Waals surface area contributed by atoms with Crippen LogP contribution in [0.1, 0.15) is 38.8 Å². The number of hydrogen-bond donors (Lipinski definition) is 8. The van der Waals surface area contributed by atoms with Gasteiger partial charge in [-0.2, -0.15) is 0 Å². The molecular weight excluding hydrogens is 466 g/mol. The Hall–Kier alpha value is -4.01. The minimum absolute atomic E-state index is 0.146. The Morgan fingerprint density at radius 1 is 1.00 bits per heavy atom. The maximum Gasteiger partial charge on any atom is 0.326 e. The Morgan fingerprint density at radius 3 is 2.09 bits per heavy atom. The number of nitrogens with zero attached hydrogens (tertiary/aromatic N) is 1. The number of aliphatic carboxylic acids is 2. The third kappa shape index (κ3) is 9.79. The molecule has 0 saturated carbocycles. The van der Waals surface area contributed by atoms with Crippen molar-refractivity contribution in [1.29, 1.82) is 0 Å². The van der Waals surface area contributed by atoms with E-state index < -0.39 is 78.5 Å². The smallest absolute Gasteiger partial charge is 0.326 e. The van der Waals surface area contributed by atoms with Gasteiger partial charge >= 0.3 is 11.9 Å². The van der Waals surface area contributed by atoms with Crippen molar-refractivity contribution >= 4 is 35.6 Å². The number of carboxylic acids is 2. The fourth-order valence-corrected chi connectivity index (χ4v) is 3.01. The Labute approximate surface area is 200 Å². The Kier molecular flexibility index (Phi) is 11.3. The second-order valence-electron chi connectivity index (χ2n) is 7.99. The van der Waals surface area contributed by atoms with E-state index in [-0.39, 0.29) is 6.42 Å². The summed E-state index contributed by atoms with van der Waals surface area (Å²) in [5.74, 6) is -6.92. The van der Waals surface area contributed by atoms with E-state index >= 15 is 0 Å². The molecule has 0 spiro atoms. The van der Waals surface area contributed by atoms with Crippen molar-refractivity contribution in [2.24, 2.45) is 17.4 Å². The molecule has 4 amide bonds. The van der Waals surface area contributed by atoms with E-state index in [9.17, 15) is 39.0 Å². The molecule has 0 saturated heterocycles. The Balaban J connectivity index is 3.09. The number of nitrogens with two attached hydrogens (primary N) is 2. The van der Waals surface area contributed by atoms with Gasteiger partial charge in [0.05, 0.1) is 25.2 Å². The second kappa shape index (κ2) is 13.6. The van der Waals surface area contributed by atoms with Gasteiger partial charge in [0.15, 0.2) is 0 Å². The zero-order valence-electron chi connectivity index (χ0n) is 19.3. The molecule has 1 aromatic heterocycles. The van der Waals surface area contributed by atoms with Crippen molar-refractivity contribution in [2.75, 3.05) is 0 Å². The number of carboxylic acid groups (broad SMARTS) is 2. The van der Waals surface area contributed by atoms with Gasteiger partial charge in [0, 0.05) is 18.3 Å². The summed E-state index contributed by atoms with van der Waals surface area (Å²) in [7, 11) is 0. The van der Waals surface area contributed by atoms with Gasteiger partial charge in [-0.05, 0) is 5.92 Å². The Morgan fingerprint density at radius 2 is 1.60 bits per heavy atom. The van der Waals surface area contributed by atoms with E-state index in [1.807, 2.05) is 0 Å². The predicted molar refractivity (Wildman–Crippen MR) is 119 cm³/mol. The Bertz CT molecular complexity index is 921. The lowest BCUT2D eigenvalue weighted by atomic mass is 9.98. The first kappa shape index (κ1) is 29.0. The molecular formula is C20H31N7O8. The molecule has 1 heterocycles. The number of aromatic amines is 1. The number of H-pyrrole nitrogens is 1. The van der Waals surface area contributed by atoms with E-state index in [1.165, 1.54) is 12.5 Å². The molecule has 0 fully saturated rings. The highest BCUT2D eigenvalue weighted by molar-refractivity contribution is 5.96. The SMILES string of the molecule is CCC(C)C(NC(=O)C(CC(=O)O)NC(=O)C(Cc1cnc[nH]1)NC(=O)C(N)CC(N)=O)C(=O)O. The molecule has 1 rings (SSSR count). The monoisotopic (exact) mass is 497 g/mol. The predicted octanol–water partition coefficient (Wildman–Crippen LogP) is -2.79. The molecule has 0 bridgehead atoms. The van der Waals surface area contributed by atoms with Crippen molar-refractivity contribution in [1.82, 2.24) is 25.9 Å². The number of rotatable bonds is 15. The minimum Gasteiger partial charge on any atom is -0.481 e. The van der Waals surface area contributed by atoms with Gasteiger partial charge in [0.1, 0.15) is 18.1 Å². The summed E-state index contributed by atoms with van der Waals surface area (Å²) in [6.45, 7) is 3.31. The van der Waals surface area contributed by atoms with Crippen LogP contribution in [0.15, 0.2) is 12.5 Å². The van der Waals surface area contributed by atoms with Crippen LogP contribution in [0, 0.1) is 5.92 Å². The zero-order valence-corrected chi connectivity index (χ0v) is 19.3. The number of primary amides is 1. The molecule has 15 nitrogen and oxygen atoms in total. The van der Waals surface area contributed by atoms with Crippen LogP contribution in [0.25, 0.3) is 0 Å². The van der Waals surface area contributed by atoms with Gasteiger partial charge in [0.2, 0.25) is 23.6 Å². The standard InChI is InChI=1S/C20H31N7O8/c1-3-9(2)16(20(34)35)27-19(33)13(6-15(29)30)26-18(32)12(4-10-7-23-8-24-10)25-17(31)11(21)5-14(22)28/h7-9,11-13,16H,3-6,21H2,1-2H3,(H2,22,28)(H,23,24)(H,25,31)(H,26,32)(H,27,33)(H,29,30)(H,34,35). The lowest BCUT2D eigenvalue weighted by Crippen LogP contribution is -2.58. The van der Waals surface area contributed by atoms with Crippen molar-refractivity contribution in [3.05, 3.63) is 18.2 Å². The van der Waals surface area contributed by atoms with Gasteiger partial charge in [-0.3, -0.25) is 24.0 Å². The van der Waals surface area contributed by atoms with Crippen LogP contribution < -0.4 is 27.4 Å². The number of carbonyl (C=O) groups is 6. The molecule has 0 aromatic carbocycles. The summed E-state index contributed by atoms with van der Waals surface area (Å²) in [6, 6.07) is -5.66. The average Bonchev–Trinajstić information content (AvgIpc) is 3.27. The molecule has 0 aliphatic carbocycles. The summed E-state index contributed by atoms with van der Waals surface area (Å²) < 4.78 is 0. The third-order valence-electron chi connectivity index (χ3n) is 5.16. The molecule has 10 N–H and O–H groups in total. The molecule has 35 heavy (non-hydrogen) atoms. The van der Waals surface area contributed by atoms with Gasteiger partial charge < -0.3 is 42.6 Å². The molecule has 1 aromatic rings. The van der Waals surface area contributed by atoms with Crippen LogP contribution in [0.2, 0.25) is 0 Å². The summed E-state index contributed by atoms with van der Waals surface area (Å²) in [6.07, 6.45) is 1.63. The average molecular weight is 498 g/mol. The van der Waals surface area contributed by atoms with Crippen molar-refractivity contribution in [3.8, 4) is 0 Å². The van der Waals surface area contributed by atoms with E-state index in [0.29, 0.717) is 12.1 Å². The summed E-state index contributed by atoms with van der Waals surface area (Å²) >= 11 is 0. The normalized spacial score (nSPS) is 15.1. The van der Waals surface area contributed by atoms with Crippen LogP contribution in [0.3, 0.4) is 0 Å². The van der Waals surface area contributed by atoms with E-state index in [2.05, 4.69) is 25.9 Å². The van der Waals surface area contributed by atoms with E-state index in [0.717, 1.165) is 0 Å². The molecule has 0 aliphatic rings. The molecule has 194 valence electrons. The first-order valence-electron chi connectivity index (χ1n) is 10.7. The number of hydrogen-bond acceptors (Lipinski definition) is 8. The highest BCUT2D eigenvalue weighted by Crippen LogP contribution is 2.09. The number of aromatic nitrogens is 2. The second-order valence-corrected chi connectivity index (χ2v) is 7.99. The molecule has 15 heteroatoms. The van der Waals surface area contributed by atoms with Gasteiger partial charge in [-0.25, -0.2) is 9.78 Å². The maximum atomic E-state index is 13.0. The first-order chi connectivity index (χ1) is 16.3. The molecule has 0 radical (unpaired) electrons. The highest BCUT2D eigenvalue weighted by atomic mass is 16.4. The van der Waals surface area contributed by atoms with Gasteiger partial charge in [-0.1, -0.05) is 20.3 Å². The highest BCUT2D eigenvalue weighted by Gasteiger charge is 2.33. The van der Waals surface area contributed by atoms with E-state index in [1.54, 1.807) is 13.8 Å². The number of nitrogens with one attached hydrogen (secondary N) is 4. The summed E-state index contributed by atoms with van der Waals surface area (Å²) in [5, 5.41) is 25.4. The van der Waals surface area contributed by atoms with Crippen LogP contribution in [-0.4, -0.2) is 79.9 Å². The molecule has 5 atom stereocenters. The van der Waals surface area contributed by atoms with Crippen LogP contribution in [0.4, 0.5) is 0 Å². The molecule has 0 aliphatic heterocycles. The maximum absolute atomic E-state index is 13.0. The largest absolute Gasteiger partial charge is 0.481 e. The molecule has 5 unspecified atom stereocenters. The van der Waals surface area contributed by atoms with Crippen LogP contribution >= 0.6 is 0 Å². The third-order valence-corrected chi connectivity index (χ3v) is 5.16. The zero-order chi connectivity index (χ0) is 26.7. The van der Waals surface area contributed by atoms with Crippen LogP contribution in [0.5, 0.6) is 0 Å². The minimum atomic E-state index is -1.65. The fraction of sp³-hybridized carbons (Fsp3) is 0.550. The summed E-state index contributed by atoms with van der Waals surface area (Å²) in [4.78, 5) is 78.5. The number of carbonyl (C=O) groups excluding carboxylic acids is 4. The van der Waals surface area contributed by atoms with Crippen LogP contribution in [-0.2, 0) is 35.2 Å². The lowest BCUT2D eigenvalue weighted by Gasteiger charge is -2.25. The van der Waals surface area contributed by atoms with E-state index in [4.69, 9.17) is 11.5 Å². The van der Waals surface area contributed by atoms with Gasteiger partial charge in [-0.15, -0.1) is 0 Å².